The standard InChI is InChI=1S/C23H29N3O/c1-2-27-21-8-4-3-6-16(21)17-9-10-19-22-18(7-5-12-25-19)20-11-13-24-14-15-26(20)23(17)22/h3-4,6,8-10,18,20,24-25H,2,5,7,11-15H2,1H3. The molecule has 0 amide bonds. The molecule has 3 aliphatic rings. The van der Waals surface area contributed by atoms with Gasteiger partial charge in [-0.05, 0) is 44.9 Å². The predicted octanol–water partition coefficient (Wildman–Crippen LogP) is 4.22. The molecular weight excluding hydrogens is 334 g/mol. The number of fused-ring (bicyclic) bond motifs is 3. The third-order valence-electron chi connectivity index (χ3n) is 6.37. The number of nitrogens with zero attached hydrogens (tertiary/aromatic N) is 1. The lowest BCUT2D eigenvalue weighted by atomic mass is 9.87. The first-order chi connectivity index (χ1) is 13.4. The summed E-state index contributed by atoms with van der Waals surface area (Å²) in [5.41, 5.74) is 6.91. The maximum Gasteiger partial charge on any atom is 0.127 e. The molecule has 0 aliphatic carbocycles. The second-order valence-electron chi connectivity index (χ2n) is 7.83. The van der Waals surface area contributed by atoms with E-state index in [1.165, 1.54) is 41.8 Å². The Kier molecular flexibility index (Phi) is 4.44. The van der Waals surface area contributed by atoms with Gasteiger partial charge in [0.15, 0.2) is 0 Å². The van der Waals surface area contributed by atoms with Crippen LogP contribution in [0.1, 0.15) is 37.7 Å². The first-order valence-electron chi connectivity index (χ1n) is 10.5. The van der Waals surface area contributed by atoms with Gasteiger partial charge in [0, 0.05) is 54.0 Å². The van der Waals surface area contributed by atoms with Crippen molar-refractivity contribution in [3.8, 4) is 16.9 Å². The van der Waals surface area contributed by atoms with Crippen LogP contribution in [0, 0.1) is 0 Å². The molecule has 4 nitrogen and oxygen atoms in total. The quantitative estimate of drug-likeness (QED) is 0.856. The number of anilines is 2. The van der Waals surface area contributed by atoms with Crippen LogP contribution in [-0.4, -0.2) is 38.8 Å². The molecule has 2 aromatic rings. The van der Waals surface area contributed by atoms with Crippen LogP contribution >= 0.6 is 0 Å². The van der Waals surface area contributed by atoms with Crippen LogP contribution in [0.3, 0.4) is 0 Å². The Hall–Kier alpha value is -2.20. The van der Waals surface area contributed by atoms with Crippen molar-refractivity contribution in [2.45, 2.75) is 38.1 Å². The van der Waals surface area contributed by atoms with Crippen molar-refractivity contribution < 1.29 is 4.74 Å². The van der Waals surface area contributed by atoms with E-state index in [4.69, 9.17) is 4.74 Å². The van der Waals surface area contributed by atoms with Crippen molar-refractivity contribution in [3.63, 3.8) is 0 Å². The van der Waals surface area contributed by atoms with Gasteiger partial charge in [-0.3, -0.25) is 0 Å². The predicted molar refractivity (Wildman–Crippen MR) is 112 cm³/mol. The van der Waals surface area contributed by atoms with Gasteiger partial charge in [-0.15, -0.1) is 0 Å². The van der Waals surface area contributed by atoms with Crippen LogP contribution in [-0.2, 0) is 0 Å². The third-order valence-corrected chi connectivity index (χ3v) is 6.37. The number of hydrogen-bond acceptors (Lipinski definition) is 4. The van der Waals surface area contributed by atoms with E-state index in [1.807, 2.05) is 0 Å². The van der Waals surface area contributed by atoms with E-state index in [-0.39, 0.29) is 0 Å². The molecule has 4 heteroatoms. The molecule has 2 N–H and O–H groups in total. The number of para-hydroxylation sites is 1. The highest BCUT2D eigenvalue weighted by atomic mass is 16.5. The number of benzene rings is 2. The van der Waals surface area contributed by atoms with E-state index < -0.39 is 0 Å². The number of hydrogen-bond donors (Lipinski definition) is 2. The molecule has 0 saturated carbocycles. The lowest BCUT2D eigenvalue weighted by molar-refractivity contribution is 0.341. The number of nitrogens with one attached hydrogen (secondary N) is 2. The smallest absolute Gasteiger partial charge is 0.127 e. The van der Waals surface area contributed by atoms with Crippen LogP contribution in [0.4, 0.5) is 11.4 Å². The summed E-state index contributed by atoms with van der Waals surface area (Å²) in [6.45, 7) is 7.11. The Morgan fingerprint density at radius 2 is 1.96 bits per heavy atom. The summed E-state index contributed by atoms with van der Waals surface area (Å²) in [6, 6.07) is 13.7. The fourth-order valence-corrected chi connectivity index (χ4v) is 5.30. The topological polar surface area (TPSA) is 36.5 Å². The van der Waals surface area contributed by atoms with Crippen LogP contribution in [0.2, 0.25) is 0 Å². The Bertz CT molecular complexity index is 834. The second-order valence-corrected chi connectivity index (χ2v) is 7.83. The highest BCUT2D eigenvalue weighted by Gasteiger charge is 2.42. The molecule has 0 radical (unpaired) electrons. The zero-order chi connectivity index (χ0) is 18.2. The van der Waals surface area contributed by atoms with Crippen molar-refractivity contribution >= 4 is 11.4 Å². The molecule has 1 saturated heterocycles. The van der Waals surface area contributed by atoms with E-state index >= 15 is 0 Å². The fourth-order valence-electron chi connectivity index (χ4n) is 5.30. The van der Waals surface area contributed by atoms with Gasteiger partial charge in [0.05, 0.1) is 12.3 Å². The third kappa shape index (κ3) is 2.78. The summed E-state index contributed by atoms with van der Waals surface area (Å²) >= 11 is 0. The molecule has 2 aromatic carbocycles. The first-order valence-corrected chi connectivity index (χ1v) is 10.5. The minimum Gasteiger partial charge on any atom is -0.493 e. The van der Waals surface area contributed by atoms with Gasteiger partial charge < -0.3 is 20.3 Å². The van der Waals surface area contributed by atoms with Gasteiger partial charge in [0.2, 0.25) is 0 Å². The highest BCUT2D eigenvalue weighted by molar-refractivity contribution is 5.90. The molecule has 3 aliphatic heterocycles. The summed E-state index contributed by atoms with van der Waals surface area (Å²) in [4.78, 5) is 2.70. The van der Waals surface area contributed by atoms with Gasteiger partial charge in [-0.1, -0.05) is 24.3 Å². The molecular formula is C23H29N3O. The monoisotopic (exact) mass is 363 g/mol. The minimum absolute atomic E-state index is 0.619. The van der Waals surface area contributed by atoms with Crippen LogP contribution in [0.25, 0.3) is 11.1 Å². The van der Waals surface area contributed by atoms with Gasteiger partial charge in [0.25, 0.3) is 0 Å². The van der Waals surface area contributed by atoms with Crippen LogP contribution < -0.4 is 20.3 Å². The van der Waals surface area contributed by atoms with E-state index in [9.17, 15) is 0 Å². The Balaban J connectivity index is 1.72. The van der Waals surface area contributed by atoms with E-state index in [0.29, 0.717) is 18.6 Å². The molecule has 1 fully saturated rings. The summed E-state index contributed by atoms with van der Waals surface area (Å²) in [7, 11) is 0. The second kappa shape index (κ2) is 7.08. The van der Waals surface area contributed by atoms with Crippen molar-refractivity contribution in [2.24, 2.45) is 0 Å². The Morgan fingerprint density at radius 1 is 1.04 bits per heavy atom. The summed E-state index contributed by atoms with van der Waals surface area (Å²) < 4.78 is 5.99. The summed E-state index contributed by atoms with van der Waals surface area (Å²) in [5, 5.41) is 7.32. The molecule has 5 rings (SSSR count). The fraction of sp³-hybridized carbons (Fsp3) is 0.478. The normalized spacial score (nSPS) is 23.7. The lowest BCUT2D eigenvalue weighted by Crippen LogP contribution is -2.35. The highest BCUT2D eigenvalue weighted by Crippen LogP contribution is 2.54. The summed E-state index contributed by atoms with van der Waals surface area (Å²) in [6.07, 6.45) is 3.76. The molecule has 2 atom stereocenters. The number of ether oxygens (including phenoxy) is 1. The van der Waals surface area contributed by atoms with Crippen molar-refractivity contribution in [1.29, 1.82) is 0 Å². The van der Waals surface area contributed by atoms with Crippen molar-refractivity contribution in [1.82, 2.24) is 5.32 Å². The van der Waals surface area contributed by atoms with E-state index in [2.05, 4.69) is 58.9 Å². The maximum atomic E-state index is 5.99. The van der Waals surface area contributed by atoms with E-state index in [1.54, 1.807) is 5.56 Å². The molecule has 0 aromatic heterocycles. The zero-order valence-electron chi connectivity index (χ0n) is 16.1. The lowest BCUT2D eigenvalue weighted by Gasteiger charge is -2.29. The first kappa shape index (κ1) is 16.9. The zero-order valence-corrected chi connectivity index (χ0v) is 16.1. The van der Waals surface area contributed by atoms with Crippen LogP contribution in [0.15, 0.2) is 36.4 Å². The molecule has 3 heterocycles. The summed E-state index contributed by atoms with van der Waals surface area (Å²) in [5.74, 6) is 1.63. The molecule has 2 unspecified atom stereocenters. The van der Waals surface area contributed by atoms with E-state index in [0.717, 1.165) is 31.9 Å². The Morgan fingerprint density at radius 3 is 2.89 bits per heavy atom. The average molecular weight is 364 g/mol. The van der Waals surface area contributed by atoms with Gasteiger partial charge >= 0.3 is 0 Å². The van der Waals surface area contributed by atoms with Crippen LogP contribution in [0.5, 0.6) is 5.75 Å². The molecule has 0 bridgehead atoms. The van der Waals surface area contributed by atoms with Gasteiger partial charge in [-0.2, -0.15) is 0 Å². The van der Waals surface area contributed by atoms with Crippen molar-refractivity contribution in [2.75, 3.05) is 43.0 Å². The maximum absolute atomic E-state index is 5.99. The minimum atomic E-state index is 0.619. The molecule has 142 valence electrons. The van der Waals surface area contributed by atoms with Gasteiger partial charge in [-0.25, -0.2) is 0 Å². The number of rotatable bonds is 3. The molecule has 27 heavy (non-hydrogen) atoms. The van der Waals surface area contributed by atoms with Gasteiger partial charge in [0.1, 0.15) is 5.75 Å². The SMILES string of the molecule is CCOc1ccccc1-c1ccc2c3c1N1CCNCCC1C3CCCN2. The average Bonchev–Trinajstić information content (AvgIpc) is 2.89. The molecule has 0 spiro atoms. The van der Waals surface area contributed by atoms with Crippen molar-refractivity contribution in [3.05, 3.63) is 42.0 Å². The Labute approximate surface area is 161 Å². The largest absolute Gasteiger partial charge is 0.493 e.